The Bertz CT molecular complexity index is 399. The Morgan fingerprint density at radius 3 is 2.73 bits per heavy atom. The normalized spacial score (nSPS) is 19.5. The fourth-order valence-electron chi connectivity index (χ4n) is 2.00. The first-order chi connectivity index (χ1) is 6.89. The SMILES string of the molecule is CC(Br)c1cc(Cl)cc2c1OC(C)(C)C2. The highest BCUT2D eigenvalue weighted by Crippen LogP contribution is 2.43. The van der Waals surface area contributed by atoms with E-state index in [1.807, 2.05) is 12.1 Å². The summed E-state index contributed by atoms with van der Waals surface area (Å²) in [5, 5.41) is 0.788. The number of fused-ring (bicyclic) bond motifs is 1. The Balaban J connectivity index is 2.53. The van der Waals surface area contributed by atoms with Gasteiger partial charge in [-0.2, -0.15) is 0 Å². The molecule has 0 saturated heterocycles. The zero-order chi connectivity index (χ0) is 11.2. The van der Waals surface area contributed by atoms with E-state index in [-0.39, 0.29) is 10.4 Å². The molecular formula is C12H14BrClO. The molecule has 1 aromatic rings. The van der Waals surface area contributed by atoms with Crippen LogP contribution in [0.15, 0.2) is 12.1 Å². The van der Waals surface area contributed by atoms with Gasteiger partial charge in [-0.05, 0) is 38.5 Å². The van der Waals surface area contributed by atoms with Crippen LogP contribution in [0.4, 0.5) is 0 Å². The first-order valence-corrected chi connectivity index (χ1v) is 6.34. The summed E-state index contributed by atoms with van der Waals surface area (Å²) in [5.41, 5.74) is 2.25. The monoisotopic (exact) mass is 288 g/mol. The van der Waals surface area contributed by atoms with Crippen LogP contribution in [0, 0.1) is 0 Å². The molecule has 0 aliphatic carbocycles. The van der Waals surface area contributed by atoms with E-state index in [1.165, 1.54) is 5.56 Å². The van der Waals surface area contributed by atoms with Crippen LogP contribution in [0.5, 0.6) is 5.75 Å². The molecule has 2 rings (SSSR count). The summed E-state index contributed by atoms with van der Waals surface area (Å²) in [5.74, 6) is 1.01. The molecule has 0 amide bonds. The van der Waals surface area contributed by atoms with Crippen molar-refractivity contribution in [2.75, 3.05) is 0 Å². The van der Waals surface area contributed by atoms with Crippen molar-refractivity contribution in [1.29, 1.82) is 0 Å². The summed E-state index contributed by atoms with van der Waals surface area (Å²) in [7, 11) is 0. The van der Waals surface area contributed by atoms with Crippen LogP contribution in [0.3, 0.4) is 0 Å². The number of hydrogen-bond acceptors (Lipinski definition) is 1. The van der Waals surface area contributed by atoms with E-state index in [0.29, 0.717) is 0 Å². The zero-order valence-corrected chi connectivity index (χ0v) is 11.4. The van der Waals surface area contributed by atoms with Gasteiger partial charge < -0.3 is 4.74 Å². The Kier molecular flexibility index (Phi) is 2.76. The Morgan fingerprint density at radius 1 is 1.47 bits per heavy atom. The smallest absolute Gasteiger partial charge is 0.127 e. The average molecular weight is 290 g/mol. The minimum absolute atomic E-state index is 0.107. The molecule has 3 heteroatoms. The summed E-state index contributed by atoms with van der Waals surface area (Å²) >= 11 is 9.66. The average Bonchev–Trinajstić information content (AvgIpc) is 2.36. The number of hydrogen-bond donors (Lipinski definition) is 0. The van der Waals surface area contributed by atoms with Crippen molar-refractivity contribution in [2.45, 2.75) is 37.6 Å². The van der Waals surface area contributed by atoms with Crippen molar-refractivity contribution in [1.82, 2.24) is 0 Å². The summed E-state index contributed by atoms with van der Waals surface area (Å²) in [6.07, 6.45) is 0.926. The molecule has 1 aliphatic heterocycles. The van der Waals surface area contributed by atoms with Crippen molar-refractivity contribution < 1.29 is 4.74 Å². The number of alkyl halides is 1. The van der Waals surface area contributed by atoms with E-state index < -0.39 is 0 Å². The van der Waals surface area contributed by atoms with E-state index in [0.717, 1.165) is 22.8 Å². The summed E-state index contributed by atoms with van der Waals surface area (Å²) < 4.78 is 5.95. The van der Waals surface area contributed by atoms with Crippen LogP contribution in [-0.4, -0.2) is 5.60 Å². The molecule has 0 fully saturated rings. The maximum atomic E-state index is 6.09. The van der Waals surface area contributed by atoms with Crippen LogP contribution >= 0.6 is 27.5 Å². The molecule has 0 spiro atoms. The van der Waals surface area contributed by atoms with Gasteiger partial charge in [-0.1, -0.05) is 27.5 Å². The molecule has 0 N–H and O–H groups in total. The molecule has 82 valence electrons. The van der Waals surface area contributed by atoms with Crippen LogP contribution in [-0.2, 0) is 6.42 Å². The van der Waals surface area contributed by atoms with E-state index in [9.17, 15) is 0 Å². The van der Waals surface area contributed by atoms with Crippen molar-refractivity contribution >= 4 is 27.5 Å². The highest BCUT2D eigenvalue weighted by Gasteiger charge is 2.32. The Labute approximate surface area is 104 Å². The van der Waals surface area contributed by atoms with Crippen molar-refractivity contribution in [3.8, 4) is 5.75 Å². The third kappa shape index (κ3) is 2.16. The fourth-order valence-corrected chi connectivity index (χ4v) is 2.58. The van der Waals surface area contributed by atoms with Gasteiger partial charge in [0, 0.05) is 21.8 Å². The molecule has 0 aromatic heterocycles. The highest BCUT2D eigenvalue weighted by atomic mass is 79.9. The standard InChI is InChI=1S/C12H14BrClO/c1-7(13)10-5-9(14)4-8-6-12(2,3)15-11(8)10/h4-5,7H,6H2,1-3H3. The molecular weight excluding hydrogens is 275 g/mol. The topological polar surface area (TPSA) is 9.23 Å². The largest absolute Gasteiger partial charge is 0.487 e. The lowest BCUT2D eigenvalue weighted by Gasteiger charge is -2.18. The van der Waals surface area contributed by atoms with Crippen molar-refractivity contribution in [2.24, 2.45) is 0 Å². The third-order valence-corrected chi connectivity index (χ3v) is 3.29. The maximum absolute atomic E-state index is 6.09. The first-order valence-electron chi connectivity index (χ1n) is 5.04. The molecule has 1 atom stereocenters. The van der Waals surface area contributed by atoms with Crippen LogP contribution in [0.1, 0.15) is 36.7 Å². The minimum Gasteiger partial charge on any atom is -0.487 e. The highest BCUT2D eigenvalue weighted by molar-refractivity contribution is 9.09. The summed E-state index contributed by atoms with van der Waals surface area (Å²) in [6, 6.07) is 3.98. The quantitative estimate of drug-likeness (QED) is 0.691. The lowest BCUT2D eigenvalue weighted by Crippen LogP contribution is -2.24. The molecule has 1 aromatic carbocycles. The van der Waals surface area contributed by atoms with Gasteiger partial charge in [0.25, 0.3) is 0 Å². The van der Waals surface area contributed by atoms with Gasteiger partial charge in [0.2, 0.25) is 0 Å². The molecule has 15 heavy (non-hydrogen) atoms. The molecule has 1 aliphatic rings. The van der Waals surface area contributed by atoms with E-state index in [4.69, 9.17) is 16.3 Å². The summed E-state index contributed by atoms with van der Waals surface area (Å²) in [4.78, 5) is 0.263. The number of halogens is 2. The fraction of sp³-hybridized carbons (Fsp3) is 0.500. The predicted molar refractivity (Wildman–Crippen MR) is 67.2 cm³/mol. The van der Waals surface area contributed by atoms with Gasteiger partial charge in [0.1, 0.15) is 11.4 Å². The van der Waals surface area contributed by atoms with Crippen LogP contribution in [0.2, 0.25) is 5.02 Å². The van der Waals surface area contributed by atoms with Gasteiger partial charge in [0.15, 0.2) is 0 Å². The van der Waals surface area contributed by atoms with Gasteiger partial charge in [0.05, 0.1) is 0 Å². The molecule has 0 saturated carbocycles. The molecule has 1 heterocycles. The van der Waals surface area contributed by atoms with Gasteiger partial charge in [-0.15, -0.1) is 0 Å². The summed E-state index contributed by atoms with van der Waals surface area (Å²) in [6.45, 7) is 6.29. The predicted octanol–water partition coefficient (Wildman–Crippen LogP) is 4.51. The second-order valence-electron chi connectivity index (χ2n) is 4.64. The third-order valence-electron chi connectivity index (χ3n) is 2.58. The Morgan fingerprint density at radius 2 is 2.13 bits per heavy atom. The van der Waals surface area contributed by atoms with E-state index in [2.05, 4.69) is 36.7 Å². The molecule has 0 radical (unpaired) electrons. The molecule has 1 nitrogen and oxygen atoms in total. The Hall–Kier alpha value is -0.210. The number of benzene rings is 1. The number of rotatable bonds is 1. The van der Waals surface area contributed by atoms with Gasteiger partial charge >= 0.3 is 0 Å². The van der Waals surface area contributed by atoms with E-state index in [1.54, 1.807) is 0 Å². The minimum atomic E-state index is -0.107. The van der Waals surface area contributed by atoms with Gasteiger partial charge in [-0.3, -0.25) is 0 Å². The maximum Gasteiger partial charge on any atom is 0.127 e. The second-order valence-corrected chi connectivity index (χ2v) is 6.45. The van der Waals surface area contributed by atoms with Crippen molar-refractivity contribution in [3.63, 3.8) is 0 Å². The second kappa shape index (κ2) is 3.67. The van der Waals surface area contributed by atoms with Crippen LogP contribution < -0.4 is 4.74 Å². The van der Waals surface area contributed by atoms with Gasteiger partial charge in [-0.25, -0.2) is 0 Å². The van der Waals surface area contributed by atoms with E-state index >= 15 is 0 Å². The molecule has 0 bridgehead atoms. The van der Waals surface area contributed by atoms with Crippen LogP contribution in [0.25, 0.3) is 0 Å². The lowest BCUT2D eigenvalue weighted by atomic mass is 10.00. The van der Waals surface area contributed by atoms with Crippen molar-refractivity contribution in [3.05, 3.63) is 28.3 Å². The molecule has 1 unspecified atom stereocenters. The first kappa shape index (κ1) is 11.3. The zero-order valence-electron chi connectivity index (χ0n) is 9.10. The number of ether oxygens (including phenoxy) is 1. The lowest BCUT2D eigenvalue weighted by molar-refractivity contribution is 0.137.